The van der Waals surface area contributed by atoms with Crippen LogP contribution in [0.4, 0.5) is 5.82 Å². The van der Waals surface area contributed by atoms with Gasteiger partial charge in [0.2, 0.25) is 0 Å². The molecule has 1 aromatic heterocycles. The number of carbonyl (C=O) groups is 1. The Morgan fingerprint density at radius 3 is 2.70 bits per heavy atom. The Bertz CT molecular complexity index is 665. The maximum Gasteiger partial charge on any atom is 0.342 e. The molecule has 0 saturated heterocycles. The van der Waals surface area contributed by atoms with Crippen molar-refractivity contribution in [3.8, 4) is 5.69 Å². The van der Waals surface area contributed by atoms with E-state index in [1.165, 1.54) is 16.4 Å². The lowest BCUT2D eigenvalue weighted by molar-refractivity contribution is 0.0694. The van der Waals surface area contributed by atoms with Crippen molar-refractivity contribution in [1.82, 2.24) is 9.78 Å². The molecule has 0 atom stereocenters. The van der Waals surface area contributed by atoms with Crippen molar-refractivity contribution in [1.29, 1.82) is 0 Å². The van der Waals surface area contributed by atoms with Crippen LogP contribution in [0.2, 0.25) is 0 Å². The molecule has 2 rings (SSSR count). The summed E-state index contributed by atoms with van der Waals surface area (Å²) >= 11 is 1.38. The van der Waals surface area contributed by atoms with Crippen molar-refractivity contribution in [2.24, 2.45) is 0 Å². The third-order valence-electron chi connectivity index (χ3n) is 2.96. The summed E-state index contributed by atoms with van der Waals surface area (Å²) in [5.41, 5.74) is 9.01. The molecule has 3 N–H and O–H groups in total. The highest BCUT2D eigenvalue weighted by Gasteiger charge is 2.22. The number of hydrogen-bond donors (Lipinski definition) is 2. The molecule has 20 heavy (non-hydrogen) atoms. The SMILES string of the molecule is CCSc1nn(-c2ccc(C)cc2C)c(N)c1C(=O)O. The minimum absolute atomic E-state index is 0.0804. The first kappa shape index (κ1) is 14.5. The van der Waals surface area contributed by atoms with Gasteiger partial charge in [0.25, 0.3) is 0 Å². The Morgan fingerprint density at radius 1 is 1.45 bits per heavy atom. The average Bonchev–Trinajstić information content (AvgIpc) is 2.67. The van der Waals surface area contributed by atoms with E-state index in [4.69, 9.17) is 5.73 Å². The first-order valence-electron chi connectivity index (χ1n) is 6.28. The van der Waals surface area contributed by atoms with Crippen LogP contribution < -0.4 is 5.73 Å². The van der Waals surface area contributed by atoms with E-state index in [1.54, 1.807) is 0 Å². The molecular formula is C14H17N3O2S. The van der Waals surface area contributed by atoms with Crippen LogP contribution in [0.3, 0.4) is 0 Å². The molecule has 106 valence electrons. The lowest BCUT2D eigenvalue weighted by atomic mass is 10.1. The Balaban J connectivity index is 2.63. The summed E-state index contributed by atoms with van der Waals surface area (Å²) in [6.45, 7) is 5.91. The number of nitrogens with two attached hydrogens (primary N) is 1. The maximum atomic E-state index is 11.4. The summed E-state index contributed by atoms with van der Waals surface area (Å²) in [6, 6.07) is 5.88. The van der Waals surface area contributed by atoms with Gasteiger partial charge in [0.1, 0.15) is 16.4 Å². The topological polar surface area (TPSA) is 81.1 Å². The van der Waals surface area contributed by atoms with Crippen LogP contribution in [-0.2, 0) is 0 Å². The lowest BCUT2D eigenvalue weighted by Crippen LogP contribution is -2.07. The first-order valence-corrected chi connectivity index (χ1v) is 7.26. The number of hydrogen-bond acceptors (Lipinski definition) is 4. The minimum Gasteiger partial charge on any atom is -0.477 e. The van der Waals surface area contributed by atoms with Gasteiger partial charge in [-0.25, -0.2) is 9.48 Å². The molecule has 0 amide bonds. The molecule has 0 unspecified atom stereocenters. The van der Waals surface area contributed by atoms with E-state index in [9.17, 15) is 9.90 Å². The fourth-order valence-electron chi connectivity index (χ4n) is 2.08. The van der Waals surface area contributed by atoms with Crippen LogP contribution in [0.1, 0.15) is 28.4 Å². The van der Waals surface area contributed by atoms with Gasteiger partial charge >= 0.3 is 5.97 Å². The van der Waals surface area contributed by atoms with Gasteiger partial charge in [0.15, 0.2) is 0 Å². The van der Waals surface area contributed by atoms with Gasteiger partial charge in [-0.2, -0.15) is 5.10 Å². The van der Waals surface area contributed by atoms with Gasteiger partial charge in [0, 0.05) is 0 Å². The Hall–Kier alpha value is -1.95. The fourth-order valence-corrected chi connectivity index (χ4v) is 2.82. The third-order valence-corrected chi connectivity index (χ3v) is 3.81. The first-order chi connectivity index (χ1) is 9.45. The van der Waals surface area contributed by atoms with Gasteiger partial charge < -0.3 is 10.8 Å². The van der Waals surface area contributed by atoms with Crippen LogP contribution >= 0.6 is 11.8 Å². The second kappa shape index (κ2) is 5.58. The van der Waals surface area contributed by atoms with Crippen LogP contribution in [0.15, 0.2) is 23.2 Å². The van der Waals surface area contributed by atoms with Gasteiger partial charge in [0.05, 0.1) is 5.69 Å². The number of nitrogens with zero attached hydrogens (tertiary/aromatic N) is 2. The van der Waals surface area contributed by atoms with E-state index in [0.717, 1.165) is 22.6 Å². The van der Waals surface area contributed by atoms with Crippen LogP contribution in [-0.4, -0.2) is 26.6 Å². The number of carboxylic acid groups (broad SMARTS) is 1. The lowest BCUT2D eigenvalue weighted by Gasteiger charge is -2.08. The van der Waals surface area contributed by atoms with Crippen molar-refractivity contribution >= 4 is 23.5 Å². The highest BCUT2D eigenvalue weighted by molar-refractivity contribution is 7.99. The number of nitrogen functional groups attached to an aromatic ring is 1. The Kier molecular flexibility index (Phi) is 4.04. The number of aryl methyl sites for hydroxylation is 2. The zero-order chi connectivity index (χ0) is 14.9. The molecule has 0 radical (unpaired) electrons. The number of benzene rings is 1. The molecule has 6 heteroatoms. The highest BCUT2D eigenvalue weighted by Crippen LogP contribution is 2.29. The van der Waals surface area contributed by atoms with E-state index >= 15 is 0 Å². The zero-order valence-electron chi connectivity index (χ0n) is 11.7. The zero-order valence-corrected chi connectivity index (χ0v) is 12.5. The summed E-state index contributed by atoms with van der Waals surface area (Å²) in [7, 11) is 0. The molecular weight excluding hydrogens is 274 g/mol. The van der Waals surface area contributed by atoms with Crippen molar-refractivity contribution in [2.45, 2.75) is 25.8 Å². The van der Waals surface area contributed by atoms with Gasteiger partial charge in [-0.05, 0) is 31.2 Å². The Morgan fingerprint density at radius 2 is 2.15 bits per heavy atom. The molecule has 0 spiro atoms. The van der Waals surface area contributed by atoms with E-state index in [0.29, 0.717) is 5.03 Å². The average molecular weight is 291 g/mol. The number of carboxylic acids is 1. The minimum atomic E-state index is -1.05. The largest absolute Gasteiger partial charge is 0.477 e. The summed E-state index contributed by atoms with van der Waals surface area (Å²) in [6.07, 6.45) is 0. The standard InChI is InChI=1S/C14H17N3O2S/c1-4-20-13-11(14(18)19)12(15)17(16-13)10-6-5-8(2)7-9(10)3/h5-7H,4,15H2,1-3H3,(H,18,19). The number of anilines is 1. The summed E-state index contributed by atoms with van der Waals surface area (Å²) < 4.78 is 1.51. The predicted molar refractivity (Wildman–Crippen MR) is 80.8 cm³/mol. The quantitative estimate of drug-likeness (QED) is 0.847. The highest BCUT2D eigenvalue weighted by atomic mass is 32.2. The van der Waals surface area contributed by atoms with E-state index in [-0.39, 0.29) is 11.4 Å². The van der Waals surface area contributed by atoms with E-state index in [2.05, 4.69) is 5.10 Å². The Labute approximate surface area is 121 Å². The van der Waals surface area contributed by atoms with Gasteiger partial charge in [-0.1, -0.05) is 24.6 Å². The van der Waals surface area contributed by atoms with Gasteiger partial charge in [-0.3, -0.25) is 0 Å². The van der Waals surface area contributed by atoms with Crippen LogP contribution in [0, 0.1) is 13.8 Å². The molecule has 0 bridgehead atoms. The molecule has 5 nitrogen and oxygen atoms in total. The third kappa shape index (κ3) is 2.51. The molecule has 1 heterocycles. The van der Waals surface area contributed by atoms with Gasteiger partial charge in [-0.15, -0.1) is 11.8 Å². The van der Waals surface area contributed by atoms with Crippen molar-refractivity contribution < 1.29 is 9.90 Å². The van der Waals surface area contributed by atoms with E-state index in [1.807, 2.05) is 39.0 Å². The van der Waals surface area contributed by atoms with Crippen molar-refractivity contribution in [3.63, 3.8) is 0 Å². The summed E-state index contributed by atoms with van der Waals surface area (Å²) in [5.74, 6) is -0.140. The van der Waals surface area contributed by atoms with E-state index < -0.39 is 5.97 Å². The van der Waals surface area contributed by atoms with Crippen molar-refractivity contribution in [2.75, 3.05) is 11.5 Å². The second-order valence-corrected chi connectivity index (χ2v) is 5.76. The van der Waals surface area contributed by atoms with Crippen molar-refractivity contribution in [3.05, 3.63) is 34.9 Å². The molecule has 2 aromatic rings. The monoisotopic (exact) mass is 291 g/mol. The molecule has 0 aliphatic carbocycles. The molecule has 0 aliphatic heterocycles. The predicted octanol–water partition coefficient (Wildman–Crippen LogP) is 2.88. The number of thioether (sulfide) groups is 1. The molecule has 0 saturated carbocycles. The number of aromatic carboxylic acids is 1. The summed E-state index contributed by atoms with van der Waals surface area (Å²) in [4.78, 5) is 11.4. The van der Waals surface area contributed by atoms with Crippen LogP contribution in [0.25, 0.3) is 5.69 Å². The number of aromatic nitrogens is 2. The molecule has 1 aromatic carbocycles. The summed E-state index contributed by atoms with van der Waals surface area (Å²) in [5, 5.41) is 14.1. The maximum absolute atomic E-state index is 11.4. The molecule has 0 aliphatic rings. The van der Waals surface area contributed by atoms with Crippen LogP contribution in [0.5, 0.6) is 0 Å². The molecule has 0 fully saturated rings. The fraction of sp³-hybridized carbons (Fsp3) is 0.286. The number of rotatable bonds is 4. The smallest absolute Gasteiger partial charge is 0.342 e. The second-order valence-electron chi connectivity index (χ2n) is 4.51. The normalized spacial score (nSPS) is 10.8.